The Morgan fingerprint density at radius 1 is 1.03 bits per heavy atom. The van der Waals surface area contributed by atoms with Crippen molar-refractivity contribution in [3.05, 3.63) is 54.2 Å². The van der Waals surface area contributed by atoms with E-state index in [1.54, 1.807) is 28.9 Å². The minimum Gasteiger partial charge on any atom is -0.479 e. The number of ether oxygens (including phenoxy) is 1. The fourth-order valence-electron chi connectivity index (χ4n) is 4.11. The average molecular weight is 451 g/mol. The maximum Gasteiger partial charge on any atom is 0.274 e. The van der Waals surface area contributed by atoms with Crippen molar-refractivity contribution in [3.8, 4) is 5.75 Å². The van der Waals surface area contributed by atoms with Gasteiger partial charge >= 0.3 is 0 Å². The second-order valence-electron chi connectivity index (χ2n) is 7.85. The molecule has 32 heavy (non-hydrogen) atoms. The second kappa shape index (κ2) is 8.23. The van der Waals surface area contributed by atoms with Crippen molar-refractivity contribution >= 4 is 45.0 Å². The molecule has 0 unspecified atom stereocenters. The number of piperazine rings is 1. The molecule has 5 rings (SSSR count). The van der Waals surface area contributed by atoms with Crippen LogP contribution in [0.15, 0.2) is 48.5 Å². The van der Waals surface area contributed by atoms with Gasteiger partial charge in [0, 0.05) is 31.6 Å². The number of para-hydroxylation sites is 2. The van der Waals surface area contributed by atoms with Gasteiger partial charge in [-0.3, -0.25) is 19.3 Å². The average Bonchev–Trinajstić information content (AvgIpc) is 3.26. The molecule has 9 heteroatoms. The summed E-state index contributed by atoms with van der Waals surface area (Å²) in [5.74, 6) is 0.105. The summed E-state index contributed by atoms with van der Waals surface area (Å²) in [7, 11) is 0. The molecule has 8 nitrogen and oxygen atoms in total. The topological polar surface area (TPSA) is 83.1 Å². The molecule has 0 radical (unpaired) electrons. The first-order valence-corrected chi connectivity index (χ1v) is 11.3. The number of aromatic nitrogens is 1. The van der Waals surface area contributed by atoms with Crippen molar-refractivity contribution in [2.45, 2.75) is 13.0 Å². The van der Waals surface area contributed by atoms with Crippen LogP contribution in [-0.4, -0.2) is 70.7 Å². The van der Waals surface area contributed by atoms with Gasteiger partial charge in [-0.2, -0.15) is 4.37 Å². The van der Waals surface area contributed by atoms with Crippen molar-refractivity contribution in [1.29, 1.82) is 0 Å². The molecule has 2 aliphatic rings. The number of hydrogen-bond donors (Lipinski definition) is 0. The van der Waals surface area contributed by atoms with Gasteiger partial charge in [0.15, 0.2) is 6.10 Å². The summed E-state index contributed by atoms with van der Waals surface area (Å²) in [5, 5.41) is 0.861. The minimum atomic E-state index is -0.639. The normalized spacial score (nSPS) is 18.5. The van der Waals surface area contributed by atoms with Gasteiger partial charge < -0.3 is 14.5 Å². The van der Waals surface area contributed by atoms with Crippen LogP contribution in [-0.2, 0) is 9.59 Å². The first kappa shape index (κ1) is 20.4. The van der Waals surface area contributed by atoms with Crippen molar-refractivity contribution in [2.75, 3.05) is 37.6 Å². The van der Waals surface area contributed by atoms with Crippen molar-refractivity contribution in [3.63, 3.8) is 0 Å². The second-order valence-corrected chi connectivity index (χ2v) is 8.66. The number of benzene rings is 2. The summed E-state index contributed by atoms with van der Waals surface area (Å²) in [4.78, 5) is 43.6. The zero-order chi connectivity index (χ0) is 22.2. The van der Waals surface area contributed by atoms with Crippen LogP contribution < -0.4 is 9.64 Å². The molecule has 3 amide bonds. The van der Waals surface area contributed by atoms with Crippen LogP contribution in [0.2, 0.25) is 0 Å². The zero-order valence-corrected chi connectivity index (χ0v) is 18.4. The van der Waals surface area contributed by atoms with E-state index in [-0.39, 0.29) is 24.3 Å². The number of fused-ring (bicyclic) bond motifs is 2. The maximum atomic E-state index is 13.0. The standard InChI is InChI=1S/C23H22N4O4S/c1-15-22(29)27(17-7-3-4-8-18(17)31-15)14-20(28)25-10-12-26(13-11-25)23(30)21-16-6-2-5-9-19(16)32-24-21/h2-9,15H,10-14H2,1H3/t15-/m0/s1. The van der Waals surface area contributed by atoms with Crippen LogP contribution in [0.3, 0.4) is 0 Å². The lowest BCUT2D eigenvalue weighted by atomic mass is 10.1. The van der Waals surface area contributed by atoms with Gasteiger partial charge in [0.05, 0.1) is 10.4 Å². The predicted octanol–water partition coefficient (Wildman–Crippen LogP) is 2.39. The number of hydrogen-bond acceptors (Lipinski definition) is 6. The summed E-state index contributed by atoms with van der Waals surface area (Å²) in [6, 6.07) is 14.9. The number of nitrogens with zero attached hydrogens (tertiary/aromatic N) is 4. The third kappa shape index (κ3) is 3.58. The van der Waals surface area contributed by atoms with E-state index >= 15 is 0 Å². The Morgan fingerprint density at radius 2 is 1.72 bits per heavy atom. The molecule has 0 bridgehead atoms. The molecule has 2 aliphatic heterocycles. The van der Waals surface area contributed by atoms with Gasteiger partial charge in [-0.05, 0) is 36.7 Å². The summed E-state index contributed by atoms with van der Waals surface area (Å²) in [6.45, 7) is 3.34. The lowest BCUT2D eigenvalue weighted by Gasteiger charge is -2.37. The van der Waals surface area contributed by atoms with E-state index in [9.17, 15) is 14.4 Å². The molecular weight excluding hydrogens is 428 g/mol. The highest BCUT2D eigenvalue weighted by Crippen LogP contribution is 2.33. The molecule has 2 aromatic carbocycles. The van der Waals surface area contributed by atoms with Gasteiger partial charge in [0.2, 0.25) is 5.91 Å². The van der Waals surface area contributed by atoms with Crippen molar-refractivity contribution in [1.82, 2.24) is 14.2 Å². The molecule has 3 heterocycles. The maximum absolute atomic E-state index is 13.0. The molecule has 1 aromatic heterocycles. The van der Waals surface area contributed by atoms with E-state index in [1.807, 2.05) is 36.4 Å². The lowest BCUT2D eigenvalue weighted by molar-refractivity contribution is -0.134. The third-order valence-electron chi connectivity index (χ3n) is 5.87. The molecule has 1 saturated heterocycles. The highest BCUT2D eigenvalue weighted by Gasteiger charge is 2.34. The smallest absolute Gasteiger partial charge is 0.274 e. The lowest BCUT2D eigenvalue weighted by Crippen LogP contribution is -2.54. The van der Waals surface area contributed by atoms with E-state index < -0.39 is 6.10 Å². The van der Waals surface area contributed by atoms with Crippen LogP contribution in [0.1, 0.15) is 17.4 Å². The number of rotatable bonds is 3. The molecular formula is C23H22N4O4S. The number of amides is 3. The Hall–Kier alpha value is -3.46. The van der Waals surface area contributed by atoms with Crippen molar-refractivity contribution < 1.29 is 19.1 Å². The van der Waals surface area contributed by atoms with Crippen LogP contribution in [0, 0.1) is 0 Å². The first-order valence-electron chi connectivity index (χ1n) is 10.5. The monoisotopic (exact) mass is 450 g/mol. The summed E-state index contributed by atoms with van der Waals surface area (Å²) in [5.41, 5.74) is 1.07. The summed E-state index contributed by atoms with van der Waals surface area (Å²) < 4.78 is 11.0. The van der Waals surface area contributed by atoms with Gasteiger partial charge in [0.1, 0.15) is 18.0 Å². The van der Waals surface area contributed by atoms with E-state index in [1.165, 1.54) is 16.4 Å². The molecule has 1 atom stereocenters. The van der Waals surface area contributed by atoms with E-state index in [2.05, 4.69) is 4.37 Å². The van der Waals surface area contributed by atoms with Gasteiger partial charge in [-0.1, -0.05) is 30.3 Å². The highest BCUT2D eigenvalue weighted by molar-refractivity contribution is 7.13. The van der Waals surface area contributed by atoms with Gasteiger partial charge in [-0.15, -0.1) is 0 Å². The number of carbonyl (C=O) groups is 3. The molecule has 0 spiro atoms. The summed E-state index contributed by atoms with van der Waals surface area (Å²) >= 11 is 1.32. The first-order chi connectivity index (χ1) is 15.5. The van der Waals surface area contributed by atoms with Gasteiger partial charge in [0.25, 0.3) is 11.8 Å². The molecule has 3 aromatic rings. The SMILES string of the molecule is C[C@@H]1Oc2ccccc2N(CC(=O)N2CCN(C(=O)c3nsc4ccccc34)CC2)C1=O. The zero-order valence-electron chi connectivity index (χ0n) is 17.6. The van der Waals surface area contributed by atoms with Crippen molar-refractivity contribution in [2.24, 2.45) is 0 Å². The van der Waals surface area contributed by atoms with E-state index in [4.69, 9.17) is 4.74 Å². The van der Waals surface area contributed by atoms with E-state index in [0.29, 0.717) is 43.3 Å². The molecule has 0 N–H and O–H groups in total. The quantitative estimate of drug-likeness (QED) is 0.612. The predicted molar refractivity (Wildman–Crippen MR) is 121 cm³/mol. The van der Waals surface area contributed by atoms with E-state index in [0.717, 1.165) is 10.1 Å². The number of anilines is 1. The van der Waals surface area contributed by atoms with Crippen LogP contribution >= 0.6 is 11.5 Å². The fraction of sp³-hybridized carbons (Fsp3) is 0.304. The minimum absolute atomic E-state index is 0.0474. The van der Waals surface area contributed by atoms with Crippen LogP contribution in [0.4, 0.5) is 5.69 Å². The van der Waals surface area contributed by atoms with Gasteiger partial charge in [-0.25, -0.2) is 0 Å². The summed E-state index contributed by atoms with van der Waals surface area (Å²) in [6.07, 6.45) is -0.639. The van der Waals surface area contributed by atoms with Crippen LogP contribution in [0.5, 0.6) is 5.75 Å². The fourth-order valence-corrected chi connectivity index (χ4v) is 4.87. The Labute approximate surface area is 189 Å². The molecule has 0 aliphatic carbocycles. The Bertz CT molecular complexity index is 1200. The largest absolute Gasteiger partial charge is 0.479 e. The van der Waals surface area contributed by atoms with Crippen LogP contribution in [0.25, 0.3) is 10.1 Å². The highest BCUT2D eigenvalue weighted by atomic mass is 32.1. The Morgan fingerprint density at radius 3 is 2.53 bits per heavy atom. The Kier molecular flexibility index (Phi) is 5.26. The molecule has 0 saturated carbocycles. The molecule has 1 fully saturated rings. The Balaban J connectivity index is 1.24. The third-order valence-corrected chi connectivity index (χ3v) is 6.69. The molecule has 164 valence electrons. The number of carbonyl (C=O) groups excluding carboxylic acids is 3.